The maximum absolute atomic E-state index is 3.00. The lowest BCUT2D eigenvalue weighted by Crippen LogP contribution is -2.14. The predicted octanol–water partition coefficient (Wildman–Crippen LogP) is 6.37. The molecule has 2 atom stereocenters. The van der Waals surface area contributed by atoms with E-state index in [-0.39, 0.29) is 0 Å². The fourth-order valence-corrected chi connectivity index (χ4v) is 3.99. The quantitative estimate of drug-likeness (QED) is 0.509. The van der Waals surface area contributed by atoms with E-state index in [1.807, 2.05) is 0 Å². The van der Waals surface area contributed by atoms with Crippen molar-refractivity contribution in [2.45, 2.75) is 84.0 Å². The smallest absolute Gasteiger partial charge is 0.0412 e. The Balaban J connectivity index is 0.000000771. The molecule has 0 radical (unpaired) electrons. The lowest BCUT2D eigenvalue weighted by molar-refractivity contribution is 0.251. The molecule has 106 valence electrons. The molecule has 2 aliphatic rings. The molecule has 2 aliphatic carbocycles. The van der Waals surface area contributed by atoms with Gasteiger partial charge in [-0.3, -0.25) is 0 Å². The highest BCUT2D eigenvalue weighted by Crippen LogP contribution is 2.33. The highest BCUT2D eigenvalue weighted by atomic mass is 14.2. The first-order chi connectivity index (χ1) is 8.84. The van der Waals surface area contributed by atoms with Gasteiger partial charge in [-0.15, -0.1) is 13.2 Å². The summed E-state index contributed by atoms with van der Waals surface area (Å²) in [4.78, 5) is 0. The van der Waals surface area contributed by atoms with Gasteiger partial charge < -0.3 is 0 Å². The molecular weight excluding hydrogens is 216 g/mol. The van der Waals surface area contributed by atoms with Crippen molar-refractivity contribution in [1.29, 1.82) is 0 Å². The van der Waals surface area contributed by atoms with Gasteiger partial charge in [-0.25, -0.2) is 0 Å². The van der Waals surface area contributed by atoms with Crippen LogP contribution < -0.4 is 0 Å². The summed E-state index contributed by atoms with van der Waals surface area (Å²) in [7, 11) is 0. The standard InChI is InChI=1S/C16H30.C2H4/c1-14-7-5-11-16(13-14)12-6-10-15-8-3-2-4-9-15;1-2/h14-16H,2-13H2,1H3;1-2H2. The summed E-state index contributed by atoms with van der Waals surface area (Å²) >= 11 is 0. The minimum atomic E-state index is 1.02. The normalized spacial score (nSPS) is 29.4. The molecule has 0 aliphatic heterocycles. The zero-order valence-corrected chi connectivity index (χ0v) is 12.6. The molecule has 0 aromatic rings. The molecule has 2 rings (SSSR count). The minimum absolute atomic E-state index is 1.02. The molecule has 0 bridgehead atoms. The van der Waals surface area contributed by atoms with Crippen LogP contribution in [0.4, 0.5) is 0 Å². The van der Waals surface area contributed by atoms with E-state index < -0.39 is 0 Å². The minimum Gasteiger partial charge on any atom is -0.106 e. The van der Waals surface area contributed by atoms with E-state index in [1.165, 1.54) is 51.4 Å². The Morgan fingerprint density at radius 3 is 2.06 bits per heavy atom. The van der Waals surface area contributed by atoms with Crippen LogP contribution in [0.3, 0.4) is 0 Å². The van der Waals surface area contributed by atoms with Crippen LogP contribution in [0.15, 0.2) is 13.2 Å². The Hall–Kier alpha value is -0.260. The molecule has 0 heteroatoms. The van der Waals surface area contributed by atoms with Crippen LogP contribution in [0.5, 0.6) is 0 Å². The summed E-state index contributed by atoms with van der Waals surface area (Å²) in [5.74, 6) is 3.22. The Bertz CT molecular complexity index is 190. The van der Waals surface area contributed by atoms with E-state index in [9.17, 15) is 0 Å². The van der Waals surface area contributed by atoms with Gasteiger partial charge in [0, 0.05) is 0 Å². The van der Waals surface area contributed by atoms with Crippen LogP contribution in [0.1, 0.15) is 84.0 Å². The van der Waals surface area contributed by atoms with Crippen molar-refractivity contribution in [2.75, 3.05) is 0 Å². The summed E-state index contributed by atoms with van der Waals surface area (Å²) in [5, 5.41) is 0. The molecule has 18 heavy (non-hydrogen) atoms. The van der Waals surface area contributed by atoms with Crippen LogP contribution >= 0.6 is 0 Å². The third-order valence-electron chi connectivity index (χ3n) is 4.99. The van der Waals surface area contributed by atoms with Gasteiger partial charge >= 0.3 is 0 Å². The number of rotatable bonds is 4. The highest BCUT2D eigenvalue weighted by molar-refractivity contribution is 4.72. The van der Waals surface area contributed by atoms with E-state index in [0.717, 1.165) is 17.8 Å². The third-order valence-corrected chi connectivity index (χ3v) is 4.99. The average Bonchev–Trinajstić information content (AvgIpc) is 2.42. The largest absolute Gasteiger partial charge is 0.106 e. The van der Waals surface area contributed by atoms with Gasteiger partial charge in [-0.05, 0) is 24.2 Å². The van der Waals surface area contributed by atoms with Gasteiger partial charge in [-0.2, -0.15) is 0 Å². The third kappa shape index (κ3) is 6.07. The Morgan fingerprint density at radius 2 is 1.39 bits per heavy atom. The van der Waals surface area contributed by atoms with Gasteiger partial charge in [0.25, 0.3) is 0 Å². The van der Waals surface area contributed by atoms with Gasteiger partial charge in [-0.1, -0.05) is 77.6 Å². The fourth-order valence-electron chi connectivity index (χ4n) is 3.99. The molecular formula is C18H34. The second-order valence-corrected chi connectivity index (χ2v) is 6.57. The second kappa shape index (κ2) is 9.64. The van der Waals surface area contributed by atoms with Gasteiger partial charge in [0.05, 0.1) is 0 Å². The highest BCUT2D eigenvalue weighted by Gasteiger charge is 2.19. The lowest BCUT2D eigenvalue weighted by Gasteiger charge is -2.27. The molecule has 0 amide bonds. The summed E-state index contributed by atoms with van der Waals surface area (Å²) in [6.07, 6.45) is 18.3. The fraction of sp³-hybridized carbons (Fsp3) is 0.889. The molecule has 0 heterocycles. The number of hydrogen-bond donors (Lipinski definition) is 0. The first kappa shape index (κ1) is 15.8. The molecule has 2 fully saturated rings. The van der Waals surface area contributed by atoms with Crippen molar-refractivity contribution in [3.8, 4) is 0 Å². The lowest BCUT2D eigenvalue weighted by atomic mass is 9.78. The van der Waals surface area contributed by atoms with E-state index in [2.05, 4.69) is 20.1 Å². The van der Waals surface area contributed by atoms with Crippen molar-refractivity contribution in [1.82, 2.24) is 0 Å². The van der Waals surface area contributed by atoms with Crippen molar-refractivity contribution >= 4 is 0 Å². The van der Waals surface area contributed by atoms with Crippen LogP contribution in [-0.2, 0) is 0 Å². The van der Waals surface area contributed by atoms with Crippen molar-refractivity contribution in [3.05, 3.63) is 13.2 Å². The maximum Gasteiger partial charge on any atom is -0.0412 e. The molecule has 0 saturated heterocycles. The topological polar surface area (TPSA) is 0 Å². The second-order valence-electron chi connectivity index (χ2n) is 6.57. The average molecular weight is 250 g/mol. The summed E-state index contributed by atoms with van der Waals surface area (Å²) in [6.45, 7) is 8.45. The van der Waals surface area contributed by atoms with Gasteiger partial charge in [0.15, 0.2) is 0 Å². The summed E-state index contributed by atoms with van der Waals surface area (Å²) in [6, 6.07) is 0. The first-order valence-electron chi connectivity index (χ1n) is 8.34. The molecule has 0 nitrogen and oxygen atoms in total. The Kier molecular flexibility index (Phi) is 8.46. The number of hydrogen-bond acceptors (Lipinski definition) is 0. The van der Waals surface area contributed by atoms with Crippen LogP contribution in [-0.4, -0.2) is 0 Å². The SMILES string of the molecule is C=C.CC1CCCC(CCCC2CCCCC2)C1. The van der Waals surface area contributed by atoms with E-state index in [4.69, 9.17) is 0 Å². The monoisotopic (exact) mass is 250 g/mol. The predicted molar refractivity (Wildman–Crippen MR) is 82.8 cm³/mol. The van der Waals surface area contributed by atoms with E-state index in [0.29, 0.717) is 0 Å². The van der Waals surface area contributed by atoms with Crippen LogP contribution in [0.25, 0.3) is 0 Å². The first-order valence-corrected chi connectivity index (χ1v) is 8.34. The zero-order valence-electron chi connectivity index (χ0n) is 12.6. The van der Waals surface area contributed by atoms with E-state index >= 15 is 0 Å². The molecule has 2 unspecified atom stereocenters. The van der Waals surface area contributed by atoms with Gasteiger partial charge in [0.1, 0.15) is 0 Å². The molecule has 0 aromatic heterocycles. The summed E-state index contributed by atoms with van der Waals surface area (Å²) in [5.41, 5.74) is 0. The molecule has 0 spiro atoms. The molecule has 0 aromatic carbocycles. The van der Waals surface area contributed by atoms with E-state index in [1.54, 1.807) is 25.7 Å². The molecule has 2 saturated carbocycles. The Labute approximate surface area is 115 Å². The van der Waals surface area contributed by atoms with Crippen LogP contribution in [0, 0.1) is 17.8 Å². The maximum atomic E-state index is 3.00. The van der Waals surface area contributed by atoms with Crippen molar-refractivity contribution in [3.63, 3.8) is 0 Å². The van der Waals surface area contributed by atoms with Crippen molar-refractivity contribution in [2.24, 2.45) is 17.8 Å². The molecule has 0 N–H and O–H groups in total. The van der Waals surface area contributed by atoms with Gasteiger partial charge in [0.2, 0.25) is 0 Å². The summed E-state index contributed by atoms with van der Waals surface area (Å²) < 4.78 is 0. The van der Waals surface area contributed by atoms with Crippen molar-refractivity contribution < 1.29 is 0 Å². The Morgan fingerprint density at radius 1 is 0.778 bits per heavy atom. The zero-order chi connectivity index (χ0) is 13.2. The van der Waals surface area contributed by atoms with Crippen LogP contribution in [0.2, 0.25) is 0 Å².